The van der Waals surface area contributed by atoms with Crippen LogP contribution in [0.25, 0.3) is 0 Å². The Morgan fingerprint density at radius 1 is 1.02 bits per heavy atom. The number of carbonyl (C=O) groups excluding carboxylic acids is 2. The fourth-order valence-corrected chi connectivity index (χ4v) is 3.38. The van der Waals surface area contributed by atoms with Crippen molar-refractivity contribution in [2.24, 2.45) is 0 Å². The maximum absolute atomic E-state index is 14.3. The molecule has 0 aliphatic heterocycles. The summed E-state index contributed by atoms with van der Waals surface area (Å²) in [6.45, 7) is 6.80. The second kappa shape index (κ2) is 27.3. The molecule has 1 atom stereocenters. The monoisotopic (exact) mass is 774 g/mol. The van der Waals surface area contributed by atoms with Gasteiger partial charge in [-0.05, 0) is 49.4 Å². The van der Waals surface area contributed by atoms with Crippen LogP contribution < -0.4 is 22.3 Å². The predicted molar refractivity (Wildman–Crippen MR) is 178 cm³/mol. The number of hydrogen-bond acceptors (Lipinski definition) is 7. The molecule has 3 rings (SSSR count). The molecule has 0 aliphatic rings. The van der Waals surface area contributed by atoms with E-state index in [0.29, 0.717) is 5.56 Å². The number of hydrogen-bond donors (Lipinski definition) is 4. The van der Waals surface area contributed by atoms with Crippen LogP contribution in [0.4, 0.5) is 23.2 Å². The number of aliphatic hydroxyl groups excluding tert-OH is 2. The molecular formula is C32H36BrClF4MgN2O5S. The van der Waals surface area contributed by atoms with E-state index >= 15 is 0 Å². The second-order valence-electron chi connectivity index (χ2n) is 7.87. The van der Waals surface area contributed by atoms with Crippen LogP contribution in [-0.2, 0) is 28.3 Å². The van der Waals surface area contributed by atoms with E-state index in [2.05, 4.69) is 34.5 Å². The fraction of sp³-hybridized carbons (Fsp3) is 0.281. The molecule has 3 aromatic rings. The first-order chi connectivity index (χ1) is 21.3. The molecule has 0 saturated carbocycles. The van der Waals surface area contributed by atoms with Crippen molar-refractivity contribution in [3.63, 3.8) is 0 Å². The van der Waals surface area contributed by atoms with Gasteiger partial charge < -0.3 is 49.9 Å². The molecule has 15 heteroatoms. The Hall–Kier alpha value is -2.64. The molecule has 0 heterocycles. The zero-order chi connectivity index (χ0) is 35.3. The Labute approximate surface area is 310 Å². The van der Waals surface area contributed by atoms with Crippen LogP contribution in [0.1, 0.15) is 60.3 Å². The van der Waals surface area contributed by atoms with Gasteiger partial charge in [0.2, 0.25) is 0 Å². The van der Waals surface area contributed by atoms with Crippen LogP contribution in [0.15, 0.2) is 60.7 Å². The van der Waals surface area contributed by atoms with Gasteiger partial charge >= 0.3 is 35.2 Å². The number of rotatable bonds is 4. The number of anilines is 1. The summed E-state index contributed by atoms with van der Waals surface area (Å²) in [5.74, 6) is 3.07. The van der Waals surface area contributed by atoms with Crippen molar-refractivity contribution in [1.29, 1.82) is 5.41 Å². The van der Waals surface area contributed by atoms with Gasteiger partial charge in [-0.15, -0.1) is 0 Å². The SMILES string of the molecule is CC.CC(O)C#Cc1ccc(C(=N)c2ccccc2F)c(NC(=O)c2c(Cl)cccc2C(F)(F)F)c1.CO.COC(C)=O.C[S-].[Br-].[Mg+2]. The average Bonchev–Trinajstić information content (AvgIpc) is 3.02. The summed E-state index contributed by atoms with van der Waals surface area (Å²) < 4.78 is 58.9. The number of methoxy groups -OCH3 is 1. The zero-order valence-corrected chi connectivity index (χ0v) is 31.4. The molecular weight excluding hydrogens is 740 g/mol. The van der Waals surface area contributed by atoms with Crippen LogP contribution in [0.5, 0.6) is 0 Å². The summed E-state index contributed by atoms with van der Waals surface area (Å²) in [7, 11) is 2.35. The smallest absolute Gasteiger partial charge is 1.00 e. The summed E-state index contributed by atoms with van der Waals surface area (Å²) in [6.07, 6.45) is -4.21. The number of halogens is 6. The van der Waals surface area contributed by atoms with Crippen molar-refractivity contribution in [2.75, 3.05) is 25.8 Å². The molecule has 254 valence electrons. The third kappa shape index (κ3) is 17.9. The maximum Gasteiger partial charge on any atom is 2.00 e. The van der Waals surface area contributed by atoms with E-state index < -0.39 is 40.2 Å². The van der Waals surface area contributed by atoms with Gasteiger partial charge in [-0.25, -0.2) is 4.39 Å². The largest absolute Gasteiger partial charge is 2.00 e. The number of aliphatic hydroxyl groups is 2. The predicted octanol–water partition coefficient (Wildman–Crippen LogP) is 3.50. The minimum absolute atomic E-state index is 0. The van der Waals surface area contributed by atoms with Gasteiger partial charge in [0.05, 0.1) is 34.7 Å². The number of ether oxygens (including phenoxy) is 1. The van der Waals surface area contributed by atoms with Crippen molar-refractivity contribution in [3.05, 3.63) is 99.3 Å². The van der Waals surface area contributed by atoms with Crippen molar-refractivity contribution in [1.82, 2.24) is 0 Å². The van der Waals surface area contributed by atoms with Crippen LogP contribution in [0.3, 0.4) is 0 Å². The van der Waals surface area contributed by atoms with Gasteiger partial charge in [0.15, 0.2) is 0 Å². The Kier molecular flexibility index (Phi) is 29.8. The summed E-state index contributed by atoms with van der Waals surface area (Å²) in [5.41, 5.74) is -2.14. The number of nitrogens with one attached hydrogen (secondary N) is 2. The Balaban J connectivity index is -0.000000630. The molecule has 1 amide bonds. The van der Waals surface area contributed by atoms with Crippen molar-refractivity contribution in [2.45, 2.75) is 40.0 Å². The molecule has 0 bridgehead atoms. The van der Waals surface area contributed by atoms with E-state index in [9.17, 15) is 32.3 Å². The third-order valence-corrected chi connectivity index (χ3v) is 5.25. The van der Waals surface area contributed by atoms with Gasteiger partial charge in [0.1, 0.15) is 11.9 Å². The van der Waals surface area contributed by atoms with E-state index in [1.165, 1.54) is 57.4 Å². The molecule has 0 spiro atoms. The summed E-state index contributed by atoms with van der Waals surface area (Å²) in [4.78, 5) is 22.5. The molecule has 0 fully saturated rings. The topological polar surface area (TPSA) is 120 Å². The average molecular weight is 776 g/mol. The van der Waals surface area contributed by atoms with E-state index in [0.717, 1.165) is 31.4 Å². The molecule has 0 aliphatic carbocycles. The molecule has 0 aromatic heterocycles. The van der Waals surface area contributed by atoms with Gasteiger partial charge in [0.25, 0.3) is 5.91 Å². The van der Waals surface area contributed by atoms with Crippen molar-refractivity contribution in [3.8, 4) is 11.8 Å². The third-order valence-electron chi connectivity index (χ3n) is 4.94. The number of carbonyl (C=O) groups is 2. The van der Waals surface area contributed by atoms with E-state index in [1.807, 2.05) is 13.8 Å². The molecule has 0 saturated heterocycles. The van der Waals surface area contributed by atoms with Crippen molar-refractivity contribution >= 4 is 70.6 Å². The normalized spacial score (nSPS) is 9.68. The second-order valence-corrected chi connectivity index (χ2v) is 8.28. The summed E-state index contributed by atoms with van der Waals surface area (Å²) >= 11 is 10.0. The molecule has 1 unspecified atom stereocenters. The first-order valence-corrected chi connectivity index (χ1v) is 14.2. The molecule has 7 nitrogen and oxygen atoms in total. The van der Waals surface area contributed by atoms with Gasteiger partial charge in [-0.1, -0.05) is 55.5 Å². The van der Waals surface area contributed by atoms with Gasteiger partial charge in [0, 0.05) is 30.7 Å². The number of benzene rings is 3. The Bertz CT molecular complexity index is 1470. The Morgan fingerprint density at radius 3 is 2.02 bits per heavy atom. The van der Waals surface area contributed by atoms with Crippen LogP contribution in [0, 0.1) is 23.1 Å². The molecule has 47 heavy (non-hydrogen) atoms. The number of alkyl halides is 3. The van der Waals surface area contributed by atoms with Gasteiger partial charge in [-0.2, -0.15) is 19.4 Å². The van der Waals surface area contributed by atoms with Crippen LogP contribution in [0.2, 0.25) is 5.02 Å². The van der Waals surface area contributed by atoms with Crippen LogP contribution in [-0.4, -0.2) is 77.4 Å². The van der Waals surface area contributed by atoms with Crippen LogP contribution >= 0.6 is 11.6 Å². The summed E-state index contributed by atoms with van der Waals surface area (Å²) in [5, 5.41) is 26.8. The van der Waals surface area contributed by atoms with E-state index in [1.54, 1.807) is 6.26 Å². The van der Waals surface area contributed by atoms with E-state index in [4.69, 9.17) is 22.1 Å². The number of esters is 1. The maximum atomic E-state index is 14.3. The first-order valence-electron chi connectivity index (χ1n) is 13.0. The fourth-order valence-electron chi connectivity index (χ4n) is 3.12. The number of amides is 1. The minimum Gasteiger partial charge on any atom is -1.00 e. The quantitative estimate of drug-likeness (QED) is 0.0806. The molecule has 0 radical (unpaired) electrons. The molecule has 3 aromatic carbocycles. The first kappa shape index (κ1) is 51.2. The molecule has 4 N–H and O–H groups in total. The van der Waals surface area contributed by atoms with Crippen molar-refractivity contribution < 1.29 is 59.1 Å². The summed E-state index contributed by atoms with van der Waals surface area (Å²) in [6, 6.07) is 12.6. The van der Waals surface area contributed by atoms with E-state index in [-0.39, 0.29) is 68.5 Å². The standard InChI is InChI=1S/C25H17ClF4N2O2.C3H6O2.C2H6.CH4O.CH4S.BrH.Mg/c1-14(33)9-10-15-11-12-17(23(31)16-5-2-3-8-20(16)27)21(13-15)32-24(34)22-18(25(28,29)30)6-4-7-19(22)26;1-3(4)5-2;3*1-2;;/h2-8,11-14,31,33H,1H3,(H,32,34);1-2H3;1-2H3;2*2H,1H3;1H;/q;;;;;;+2/p-2. The van der Waals surface area contributed by atoms with Gasteiger partial charge in [-0.3, -0.25) is 15.0 Å². The zero-order valence-electron chi connectivity index (χ0n) is 26.9. The Morgan fingerprint density at radius 2 is 1.55 bits per heavy atom. The minimum atomic E-state index is -4.84.